The zero-order chi connectivity index (χ0) is 26.5. The van der Waals surface area contributed by atoms with E-state index in [1.165, 1.54) is 28.8 Å². The number of para-hydroxylation sites is 2. The normalized spacial score (nSPS) is 12.1. The van der Waals surface area contributed by atoms with E-state index in [1.807, 2.05) is 24.3 Å². The van der Waals surface area contributed by atoms with Gasteiger partial charge in [-0.25, -0.2) is 13.8 Å². The molecule has 36 heavy (non-hydrogen) atoms. The van der Waals surface area contributed by atoms with Crippen molar-refractivity contribution in [2.24, 2.45) is 5.41 Å². The second-order valence-corrected chi connectivity index (χ2v) is 11.2. The summed E-state index contributed by atoms with van der Waals surface area (Å²) in [6.07, 6.45) is -2.64. The number of imidazole rings is 1. The molecule has 7 nitrogen and oxygen atoms in total. The van der Waals surface area contributed by atoms with Crippen LogP contribution in [0.4, 0.5) is 14.7 Å². The topological polar surface area (TPSA) is 91.0 Å². The Morgan fingerprint density at radius 1 is 1.28 bits per heavy atom. The minimum Gasteiger partial charge on any atom is -0.339 e. The summed E-state index contributed by atoms with van der Waals surface area (Å²) >= 11 is 2.15. The van der Waals surface area contributed by atoms with Gasteiger partial charge in [0.1, 0.15) is 11.6 Å². The van der Waals surface area contributed by atoms with Crippen molar-refractivity contribution in [2.75, 3.05) is 24.7 Å². The third-order valence-electron chi connectivity index (χ3n) is 5.02. The number of aromatic nitrogens is 2. The molecule has 0 unspecified atom stereocenters. The Labute approximate surface area is 216 Å². The summed E-state index contributed by atoms with van der Waals surface area (Å²) in [6.45, 7) is 6.78. The van der Waals surface area contributed by atoms with Crippen molar-refractivity contribution in [3.8, 4) is 6.07 Å². The lowest BCUT2D eigenvalue weighted by molar-refractivity contribution is -0.125. The number of hydrogen-bond acceptors (Lipinski definition) is 6. The monoisotopic (exact) mass is 531 g/mol. The van der Waals surface area contributed by atoms with Crippen LogP contribution in [0.3, 0.4) is 0 Å². The lowest BCUT2D eigenvalue weighted by Gasteiger charge is -2.19. The van der Waals surface area contributed by atoms with E-state index in [9.17, 15) is 23.6 Å². The van der Waals surface area contributed by atoms with Gasteiger partial charge in [0.15, 0.2) is 0 Å². The van der Waals surface area contributed by atoms with Crippen LogP contribution in [0.2, 0.25) is 0 Å². The molecule has 11 heteroatoms. The number of thiophene rings is 1. The molecule has 0 atom stereocenters. The van der Waals surface area contributed by atoms with E-state index in [4.69, 9.17) is 0 Å². The molecule has 1 aromatic carbocycles. The van der Waals surface area contributed by atoms with Crippen LogP contribution in [0.15, 0.2) is 47.4 Å². The van der Waals surface area contributed by atoms with Gasteiger partial charge in [0.2, 0.25) is 5.95 Å². The van der Waals surface area contributed by atoms with Gasteiger partial charge in [0, 0.05) is 25.9 Å². The number of rotatable bonds is 9. The highest BCUT2D eigenvalue weighted by molar-refractivity contribution is 8.02. The van der Waals surface area contributed by atoms with Crippen LogP contribution in [0.1, 0.15) is 41.7 Å². The average molecular weight is 532 g/mol. The number of likely N-dealkylation sites (N-methyl/N-ethyl adjacent to an activating group) is 1. The molecule has 3 rings (SSSR count). The number of benzene rings is 1. The number of thioether (sulfide) groups is 1. The first-order valence-corrected chi connectivity index (χ1v) is 13.0. The minimum absolute atomic E-state index is 0.0586. The molecule has 0 fully saturated rings. The summed E-state index contributed by atoms with van der Waals surface area (Å²) in [4.78, 5) is 31.4. The molecule has 2 amide bonds. The molecule has 2 heterocycles. The number of alkyl halides is 2. The molecule has 3 aromatic rings. The quantitative estimate of drug-likeness (QED) is 0.273. The maximum absolute atomic E-state index is 12.9. The van der Waals surface area contributed by atoms with Crippen LogP contribution < -0.4 is 5.32 Å². The molecular weight excluding hydrogens is 504 g/mol. The van der Waals surface area contributed by atoms with Gasteiger partial charge in [0.05, 0.1) is 20.8 Å². The Morgan fingerprint density at radius 3 is 2.64 bits per heavy atom. The molecule has 0 bridgehead atoms. The van der Waals surface area contributed by atoms with Gasteiger partial charge < -0.3 is 9.47 Å². The number of nitriles is 1. The fraction of sp³-hybridized carbons (Fsp3) is 0.360. The first kappa shape index (κ1) is 27.4. The number of nitrogens with zero attached hydrogens (tertiary/aromatic N) is 4. The second kappa shape index (κ2) is 11.7. The zero-order valence-corrected chi connectivity index (χ0v) is 22.1. The second-order valence-electron chi connectivity index (χ2n) is 9.27. The number of fused-ring (bicyclic) bond motifs is 1. The van der Waals surface area contributed by atoms with E-state index >= 15 is 0 Å². The SMILES string of the molecule is CN(CCn1c(NC(=O)c2ccc(C(F)F)s2)nc2ccccc21)C(=O)/C(C#N)=C/SCC(C)(C)C. The Morgan fingerprint density at radius 2 is 2.00 bits per heavy atom. The molecular formula is C25H27F2N5O2S2. The molecule has 0 aliphatic rings. The zero-order valence-electron chi connectivity index (χ0n) is 20.4. The first-order chi connectivity index (χ1) is 17.0. The molecule has 0 aliphatic carbocycles. The molecule has 2 aromatic heterocycles. The Hall–Kier alpha value is -3.23. The third-order valence-corrected chi connectivity index (χ3v) is 7.55. The number of carbonyl (C=O) groups is 2. The van der Waals surface area contributed by atoms with E-state index in [0.29, 0.717) is 12.1 Å². The van der Waals surface area contributed by atoms with Gasteiger partial charge in [-0.05, 0) is 35.1 Å². The summed E-state index contributed by atoms with van der Waals surface area (Å²) in [5.41, 5.74) is 1.50. The van der Waals surface area contributed by atoms with Crippen LogP contribution in [0.5, 0.6) is 0 Å². The number of anilines is 1. The van der Waals surface area contributed by atoms with Gasteiger partial charge in [-0.3, -0.25) is 14.9 Å². The highest BCUT2D eigenvalue weighted by Crippen LogP contribution is 2.28. The average Bonchev–Trinajstić information content (AvgIpc) is 3.44. The van der Waals surface area contributed by atoms with E-state index in [-0.39, 0.29) is 33.2 Å². The van der Waals surface area contributed by atoms with E-state index in [1.54, 1.807) is 23.1 Å². The van der Waals surface area contributed by atoms with Gasteiger partial charge in [-0.1, -0.05) is 32.9 Å². The minimum atomic E-state index is -2.64. The maximum atomic E-state index is 12.9. The summed E-state index contributed by atoms with van der Waals surface area (Å²) in [5.74, 6) is 0.0683. The van der Waals surface area contributed by atoms with E-state index in [0.717, 1.165) is 22.6 Å². The van der Waals surface area contributed by atoms with Gasteiger partial charge >= 0.3 is 0 Å². The lowest BCUT2D eigenvalue weighted by atomic mass is 10.0. The number of hydrogen-bond donors (Lipinski definition) is 1. The summed E-state index contributed by atoms with van der Waals surface area (Å²) in [7, 11) is 1.61. The number of halogens is 2. The van der Waals surface area contributed by atoms with Crippen molar-refractivity contribution in [3.05, 3.63) is 57.1 Å². The third kappa shape index (κ3) is 6.92. The lowest BCUT2D eigenvalue weighted by Crippen LogP contribution is -2.31. The Balaban J connectivity index is 1.76. The standard InChI is InChI=1S/C25H27F2N5O2S2/c1-25(2,3)15-35-14-16(13-28)23(34)31(4)11-12-32-18-8-6-5-7-17(18)29-24(32)30-22(33)20-10-9-19(36-20)21(26)27/h5-10,14,21H,11-12,15H2,1-4H3,(H,29,30,33)/b16-14+. The molecule has 0 aliphatic heterocycles. The summed E-state index contributed by atoms with van der Waals surface area (Å²) in [5, 5.41) is 13.8. The molecule has 0 spiro atoms. The van der Waals surface area contributed by atoms with Crippen LogP contribution in [0.25, 0.3) is 11.0 Å². The highest BCUT2D eigenvalue weighted by atomic mass is 32.2. The predicted octanol–water partition coefficient (Wildman–Crippen LogP) is 5.93. The first-order valence-electron chi connectivity index (χ1n) is 11.1. The fourth-order valence-corrected chi connectivity index (χ4v) is 4.87. The van der Waals surface area contributed by atoms with Crippen molar-refractivity contribution in [3.63, 3.8) is 0 Å². The largest absolute Gasteiger partial charge is 0.339 e. The van der Waals surface area contributed by atoms with E-state index in [2.05, 4.69) is 31.1 Å². The fourth-order valence-electron chi connectivity index (χ4n) is 3.21. The van der Waals surface area contributed by atoms with E-state index < -0.39 is 18.2 Å². The molecule has 1 N–H and O–H groups in total. The smallest absolute Gasteiger partial charge is 0.272 e. The predicted molar refractivity (Wildman–Crippen MR) is 140 cm³/mol. The van der Waals surface area contributed by atoms with Gasteiger partial charge in [-0.2, -0.15) is 5.26 Å². The molecule has 0 saturated heterocycles. The summed E-state index contributed by atoms with van der Waals surface area (Å²) < 4.78 is 27.6. The molecule has 0 saturated carbocycles. The van der Waals surface area contributed by atoms with Crippen molar-refractivity contribution < 1.29 is 18.4 Å². The maximum Gasteiger partial charge on any atom is 0.272 e. The highest BCUT2D eigenvalue weighted by Gasteiger charge is 2.20. The number of carbonyl (C=O) groups excluding carboxylic acids is 2. The van der Waals surface area contributed by atoms with Crippen LogP contribution in [0, 0.1) is 16.7 Å². The van der Waals surface area contributed by atoms with Gasteiger partial charge in [0.25, 0.3) is 18.2 Å². The van der Waals surface area contributed by atoms with Crippen molar-refractivity contribution >= 4 is 51.9 Å². The van der Waals surface area contributed by atoms with Crippen LogP contribution in [-0.2, 0) is 11.3 Å². The van der Waals surface area contributed by atoms with Crippen molar-refractivity contribution in [2.45, 2.75) is 33.7 Å². The molecule has 0 radical (unpaired) electrons. The number of nitrogens with one attached hydrogen (secondary N) is 1. The Bertz CT molecular complexity index is 1320. The Kier molecular flexibility index (Phi) is 8.87. The van der Waals surface area contributed by atoms with Crippen molar-refractivity contribution in [1.29, 1.82) is 5.26 Å². The van der Waals surface area contributed by atoms with Crippen molar-refractivity contribution in [1.82, 2.24) is 14.5 Å². The number of amides is 2. The van der Waals surface area contributed by atoms with Gasteiger partial charge in [-0.15, -0.1) is 23.1 Å². The molecule has 190 valence electrons. The summed E-state index contributed by atoms with van der Waals surface area (Å²) in [6, 6.07) is 11.8. The van der Waals surface area contributed by atoms with Crippen LogP contribution in [-0.4, -0.2) is 45.6 Å². The van der Waals surface area contributed by atoms with Crippen LogP contribution >= 0.6 is 23.1 Å².